The monoisotopic (exact) mass is 268 g/mol. The molecular weight excluding hydrogens is 247 g/mol. The van der Waals surface area contributed by atoms with Crippen molar-refractivity contribution in [3.63, 3.8) is 0 Å². The second-order valence-corrected chi connectivity index (χ2v) is 4.27. The van der Waals surface area contributed by atoms with E-state index in [1.807, 2.05) is 13.8 Å². The smallest absolute Gasteiger partial charge is 0.223 e. The SMILES string of the molecule is CCN(CC)C(=O)CCNCc1cc(F)ccc1O. The highest BCUT2D eigenvalue weighted by Gasteiger charge is 2.08. The maximum atomic E-state index is 13.0. The first-order valence-electron chi connectivity index (χ1n) is 6.54. The van der Waals surface area contributed by atoms with Gasteiger partial charge in [0.1, 0.15) is 11.6 Å². The third kappa shape index (κ3) is 4.87. The number of amides is 1. The van der Waals surface area contributed by atoms with Crippen molar-refractivity contribution >= 4 is 5.91 Å². The second-order valence-electron chi connectivity index (χ2n) is 4.27. The van der Waals surface area contributed by atoms with E-state index in [0.29, 0.717) is 38.2 Å². The highest BCUT2D eigenvalue weighted by Crippen LogP contribution is 2.17. The van der Waals surface area contributed by atoms with Gasteiger partial charge in [-0.1, -0.05) is 0 Å². The van der Waals surface area contributed by atoms with Gasteiger partial charge in [0.05, 0.1) is 0 Å². The molecule has 19 heavy (non-hydrogen) atoms. The molecule has 4 nitrogen and oxygen atoms in total. The van der Waals surface area contributed by atoms with Crippen LogP contribution in [0.2, 0.25) is 0 Å². The van der Waals surface area contributed by atoms with Crippen molar-refractivity contribution in [3.8, 4) is 5.75 Å². The van der Waals surface area contributed by atoms with Crippen molar-refractivity contribution < 1.29 is 14.3 Å². The lowest BCUT2D eigenvalue weighted by Crippen LogP contribution is -2.32. The van der Waals surface area contributed by atoms with Crippen molar-refractivity contribution in [3.05, 3.63) is 29.6 Å². The number of phenols is 1. The number of benzene rings is 1. The molecule has 0 heterocycles. The number of rotatable bonds is 7. The molecule has 2 N–H and O–H groups in total. The molecule has 1 aromatic carbocycles. The third-order valence-electron chi connectivity index (χ3n) is 2.99. The van der Waals surface area contributed by atoms with Crippen LogP contribution in [0.25, 0.3) is 0 Å². The minimum absolute atomic E-state index is 0.0592. The molecule has 0 saturated carbocycles. The highest BCUT2D eigenvalue weighted by atomic mass is 19.1. The molecule has 1 amide bonds. The van der Waals surface area contributed by atoms with E-state index in [2.05, 4.69) is 5.32 Å². The summed E-state index contributed by atoms with van der Waals surface area (Å²) in [6, 6.07) is 3.82. The molecule has 0 unspecified atom stereocenters. The summed E-state index contributed by atoms with van der Waals surface area (Å²) in [6.45, 7) is 6.15. The van der Waals surface area contributed by atoms with Crippen LogP contribution in [0.3, 0.4) is 0 Å². The summed E-state index contributed by atoms with van der Waals surface area (Å²) in [4.78, 5) is 13.5. The summed E-state index contributed by atoms with van der Waals surface area (Å²) in [5.41, 5.74) is 0.496. The van der Waals surface area contributed by atoms with Gasteiger partial charge in [-0.05, 0) is 32.0 Å². The summed E-state index contributed by atoms with van der Waals surface area (Å²) in [5.74, 6) is -0.223. The van der Waals surface area contributed by atoms with Gasteiger partial charge in [-0.25, -0.2) is 4.39 Å². The summed E-state index contributed by atoms with van der Waals surface area (Å²) in [7, 11) is 0. The number of hydrogen-bond donors (Lipinski definition) is 2. The fraction of sp³-hybridized carbons (Fsp3) is 0.500. The Labute approximate surface area is 113 Å². The van der Waals surface area contributed by atoms with E-state index in [1.54, 1.807) is 4.90 Å². The number of aromatic hydroxyl groups is 1. The van der Waals surface area contributed by atoms with Crippen molar-refractivity contribution in [2.75, 3.05) is 19.6 Å². The van der Waals surface area contributed by atoms with Gasteiger partial charge in [-0.15, -0.1) is 0 Å². The van der Waals surface area contributed by atoms with E-state index < -0.39 is 0 Å². The van der Waals surface area contributed by atoms with Crippen molar-refractivity contribution in [1.82, 2.24) is 10.2 Å². The van der Waals surface area contributed by atoms with Gasteiger partial charge in [0.15, 0.2) is 0 Å². The van der Waals surface area contributed by atoms with Gasteiger partial charge in [-0.3, -0.25) is 4.79 Å². The molecule has 0 radical (unpaired) electrons. The van der Waals surface area contributed by atoms with Crippen LogP contribution < -0.4 is 5.32 Å². The molecular formula is C14H21FN2O2. The van der Waals surface area contributed by atoms with Gasteiger partial charge < -0.3 is 15.3 Å². The van der Waals surface area contributed by atoms with Crippen LogP contribution in [-0.2, 0) is 11.3 Å². The lowest BCUT2D eigenvalue weighted by molar-refractivity contribution is -0.130. The average Bonchev–Trinajstić information content (AvgIpc) is 2.40. The number of phenolic OH excluding ortho intramolecular Hbond substituents is 1. The predicted octanol–water partition coefficient (Wildman–Crippen LogP) is 1.88. The lowest BCUT2D eigenvalue weighted by atomic mass is 10.2. The standard InChI is InChI=1S/C14H21FN2O2/c1-3-17(4-2)14(19)7-8-16-10-11-9-12(15)5-6-13(11)18/h5-6,9,16,18H,3-4,7-8,10H2,1-2H3. The van der Waals surface area contributed by atoms with Gasteiger partial charge in [0, 0.05) is 38.2 Å². The molecule has 5 heteroatoms. The Kier molecular flexibility index (Phi) is 6.29. The maximum Gasteiger partial charge on any atom is 0.223 e. The van der Waals surface area contributed by atoms with E-state index >= 15 is 0 Å². The van der Waals surface area contributed by atoms with Crippen molar-refractivity contribution in [2.24, 2.45) is 0 Å². The predicted molar refractivity (Wildman–Crippen MR) is 72.3 cm³/mol. The Morgan fingerprint density at radius 1 is 1.37 bits per heavy atom. The quantitative estimate of drug-likeness (QED) is 0.742. The van der Waals surface area contributed by atoms with E-state index in [4.69, 9.17) is 0 Å². The first-order valence-corrected chi connectivity index (χ1v) is 6.54. The number of carbonyl (C=O) groups excluding carboxylic acids is 1. The molecule has 0 atom stereocenters. The number of nitrogens with one attached hydrogen (secondary N) is 1. The number of halogens is 1. The summed E-state index contributed by atoms with van der Waals surface area (Å²) < 4.78 is 13.0. The largest absolute Gasteiger partial charge is 0.508 e. The van der Waals surface area contributed by atoms with Gasteiger partial charge in [0.25, 0.3) is 0 Å². The molecule has 0 fully saturated rings. The molecule has 0 saturated heterocycles. The zero-order valence-corrected chi connectivity index (χ0v) is 11.4. The lowest BCUT2D eigenvalue weighted by Gasteiger charge is -2.18. The number of nitrogens with zero attached hydrogens (tertiary/aromatic N) is 1. The summed E-state index contributed by atoms with van der Waals surface area (Å²) in [5, 5.41) is 12.6. The maximum absolute atomic E-state index is 13.0. The minimum atomic E-state index is -0.381. The average molecular weight is 268 g/mol. The van der Waals surface area contributed by atoms with Crippen LogP contribution in [0.4, 0.5) is 4.39 Å². The summed E-state index contributed by atoms with van der Waals surface area (Å²) >= 11 is 0. The fourth-order valence-corrected chi connectivity index (χ4v) is 1.85. The first-order chi connectivity index (χ1) is 9.08. The van der Waals surface area contributed by atoms with Crippen LogP contribution in [0.1, 0.15) is 25.8 Å². The Hall–Kier alpha value is -1.62. The van der Waals surface area contributed by atoms with Crippen molar-refractivity contribution in [2.45, 2.75) is 26.8 Å². The first kappa shape index (κ1) is 15.4. The molecule has 0 aliphatic rings. The molecule has 0 bridgehead atoms. The zero-order chi connectivity index (χ0) is 14.3. The molecule has 0 spiro atoms. The Balaban J connectivity index is 2.35. The van der Waals surface area contributed by atoms with Crippen LogP contribution in [-0.4, -0.2) is 35.5 Å². The van der Waals surface area contributed by atoms with Crippen molar-refractivity contribution in [1.29, 1.82) is 0 Å². The van der Waals surface area contributed by atoms with E-state index in [0.717, 1.165) is 0 Å². The fourth-order valence-electron chi connectivity index (χ4n) is 1.85. The topological polar surface area (TPSA) is 52.6 Å². The van der Waals surface area contributed by atoms with Gasteiger partial charge >= 0.3 is 0 Å². The molecule has 0 aliphatic heterocycles. The Morgan fingerprint density at radius 2 is 2.05 bits per heavy atom. The van der Waals surface area contributed by atoms with Crippen LogP contribution >= 0.6 is 0 Å². The molecule has 1 rings (SSSR count). The normalized spacial score (nSPS) is 10.5. The zero-order valence-electron chi connectivity index (χ0n) is 11.4. The molecule has 106 valence electrons. The third-order valence-corrected chi connectivity index (χ3v) is 2.99. The number of hydrogen-bond acceptors (Lipinski definition) is 3. The minimum Gasteiger partial charge on any atom is -0.508 e. The Morgan fingerprint density at radius 3 is 2.68 bits per heavy atom. The molecule has 0 aliphatic carbocycles. The molecule has 0 aromatic heterocycles. The highest BCUT2D eigenvalue weighted by molar-refractivity contribution is 5.76. The van der Waals surface area contributed by atoms with E-state index in [9.17, 15) is 14.3 Å². The van der Waals surface area contributed by atoms with Crippen LogP contribution in [0.5, 0.6) is 5.75 Å². The van der Waals surface area contributed by atoms with E-state index in [1.165, 1.54) is 18.2 Å². The summed E-state index contributed by atoms with van der Waals surface area (Å²) in [6.07, 6.45) is 0.401. The number of carbonyl (C=O) groups is 1. The van der Waals surface area contributed by atoms with Crippen LogP contribution in [0, 0.1) is 5.82 Å². The molecule has 1 aromatic rings. The van der Waals surface area contributed by atoms with E-state index in [-0.39, 0.29) is 17.5 Å². The van der Waals surface area contributed by atoms with Gasteiger partial charge in [0.2, 0.25) is 5.91 Å². The van der Waals surface area contributed by atoms with Gasteiger partial charge in [-0.2, -0.15) is 0 Å². The Bertz CT molecular complexity index is 420. The van der Waals surface area contributed by atoms with Crippen LogP contribution in [0.15, 0.2) is 18.2 Å². The second kappa shape index (κ2) is 7.74.